The van der Waals surface area contributed by atoms with E-state index < -0.39 is 61.6 Å². The van der Waals surface area contributed by atoms with Gasteiger partial charge >= 0.3 is 0 Å². The average Bonchev–Trinajstić information content (AvgIpc) is 2.83. The second kappa shape index (κ2) is 20.9. The average molecular weight is 531 g/mol. The van der Waals surface area contributed by atoms with Crippen LogP contribution in [0.5, 0.6) is 0 Å². The molecule has 0 heterocycles. The third-order valence-corrected chi connectivity index (χ3v) is 7.31. The molecule has 0 rings (SSSR count). The maximum absolute atomic E-state index is 10.5. The lowest BCUT2D eigenvalue weighted by Gasteiger charge is -2.33. The molecule has 0 fully saturated rings. The fourth-order valence-electron chi connectivity index (χ4n) is 3.75. The summed E-state index contributed by atoms with van der Waals surface area (Å²) in [7, 11) is 0. The number of thioether (sulfide) groups is 1. The van der Waals surface area contributed by atoms with Crippen LogP contribution < -0.4 is 0 Å². The van der Waals surface area contributed by atoms with E-state index in [9.17, 15) is 40.9 Å². The van der Waals surface area contributed by atoms with Gasteiger partial charge in [-0.3, -0.25) is 0 Å². The molecular weight excluding hydrogens is 480 g/mol. The van der Waals surface area contributed by atoms with Crippen LogP contribution in [-0.2, 0) is 4.74 Å². The summed E-state index contributed by atoms with van der Waals surface area (Å²) in [5.74, 6) is 0. The maximum Gasteiger partial charge on any atom is 0.183 e. The lowest BCUT2D eigenvalue weighted by Crippen LogP contribution is -2.51. The van der Waals surface area contributed by atoms with Crippen LogP contribution in [0.3, 0.4) is 0 Å². The Labute approximate surface area is 214 Å². The minimum Gasteiger partial charge on any atom is -0.396 e. The molecule has 0 saturated heterocycles. The molecule has 0 spiro atoms. The molecule has 212 valence electrons. The van der Waals surface area contributed by atoms with Crippen LogP contribution in [0.4, 0.5) is 0 Å². The van der Waals surface area contributed by atoms with Crippen molar-refractivity contribution in [3.8, 4) is 0 Å². The molecule has 11 heteroatoms. The Kier molecular flexibility index (Phi) is 20.9. The fourth-order valence-corrected chi connectivity index (χ4v) is 4.85. The minimum absolute atomic E-state index is 0.0275. The van der Waals surface area contributed by atoms with Crippen LogP contribution >= 0.6 is 11.8 Å². The molecule has 0 saturated carbocycles. The van der Waals surface area contributed by atoms with Gasteiger partial charge in [0.05, 0.1) is 12.2 Å². The van der Waals surface area contributed by atoms with Crippen LogP contribution in [0.2, 0.25) is 0 Å². The van der Waals surface area contributed by atoms with E-state index >= 15 is 0 Å². The first-order valence-electron chi connectivity index (χ1n) is 12.9. The van der Waals surface area contributed by atoms with Crippen molar-refractivity contribution in [2.75, 3.05) is 13.2 Å². The Balaban J connectivity index is 4.60. The SMILES string of the molecule is CCCCCCCCCCC(C)SC(O)C(O)C(O)C(CCO)OC(O)C(O)C(O)C(O)CCO. The maximum atomic E-state index is 10.5. The van der Waals surface area contributed by atoms with Gasteiger partial charge in [0, 0.05) is 18.5 Å². The van der Waals surface area contributed by atoms with E-state index in [2.05, 4.69) is 6.92 Å². The Bertz CT molecular complexity index is 489. The van der Waals surface area contributed by atoms with Gasteiger partial charge in [-0.25, -0.2) is 0 Å². The Morgan fingerprint density at radius 1 is 0.629 bits per heavy atom. The van der Waals surface area contributed by atoms with Crippen molar-refractivity contribution in [3.63, 3.8) is 0 Å². The van der Waals surface area contributed by atoms with Crippen LogP contribution in [-0.4, -0.2) is 113 Å². The molecule has 10 nitrogen and oxygen atoms in total. The number of aliphatic hydroxyl groups excluding tert-OH is 9. The van der Waals surface area contributed by atoms with Crippen LogP contribution in [0.15, 0.2) is 0 Å². The first-order valence-corrected chi connectivity index (χ1v) is 13.8. The molecule has 0 aromatic rings. The standard InChI is InChI=1S/C24H50O10S/c1-3-4-5-6-7-8-9-10-11-16(2)35-24(33)22(31)20(29)18(13-15-26)34-23(32)21(30)19(28)17(27)12-14-25/h16-33H,3-15H2,1-2H3. The van der Waals surface area contributed by atoms with Gasteiger partial charge in [0.1, 0.15) is 29.9 Å². The second-order valence-corrected chi connectivity index (χ2v) is 10.8. The topological polar surface area (TPSA) is 191 Å². The lowest BCUT2D eigenvalue weighted by atomic mass is 10.0. The first kappa shape index (κ1) is 35.0. The normalized spacial score (nSPS) is 20.0. The monoisotopic (exact) mass is 530 g/mol. The van der Waals surface area contributed by atoms with Gasteiger partial charge in [-0.15, -0.1) is 11.8 Å². The van der Waals surface area contributed by atoms with Gasteiger partial charge in [-0.05, 0) is 19.3 Å². The summed E-state index contributed by atoms with van der Waals surface area (Å²) in [5.41, 5.74) is -1.35. The minimum atomic E-state index is -2.07. The van der Waals surface area contributed by atoms with Gasteiger partial charge in [-0.1, -0.05) is 65.2 Å². The summed E-state index contributed by atoms with van der Waals surface area (Å²) < 4.78 is 5.15. The molecule has 9 N–H and O–H groups in total. The van der Waals surface area contributed by atoms with Crippen molar-refractivity contribution in [1.29, 1.82) is 0 Å². The molecule has 0 aromatic heterocycles. The zero-order valence-corrected chi connectivity index (χ0v) is 22.0. The predicted octanol–water partition coefficient (Wildman–Crippen LogP) is 0.230. The summed E-state index contributed by atoms with van der Waals surface area (Å²) >= 11 is 1.10. The quantitative estimate of drug-likeness (QED) is 0.0649. The van der Waals surface area contributed by atoms with Gasteiger partial charge in [-0.2, -0.15) is 0 Å². The zero-order chi connectivity index (χ0) is 26.8. The van der Waals surface area contributed by atoms with E-state index in [0.29, 0.717) is 0 Å². The highest BCUT2D eigenvalue weighted by molar-refractivity contribution is 8.00. The molecule has 0 amide bonds. The number of ether oxygens (including phenoxy) is 1. The number of hydrogen-bond acceptors (Lipinski definition) is 11. The number of rotatable bonds is 23. The van der Waals surface area contributed by atoms with E-state index in [-0.39, 0.29) is 18.1 Å². The largest absolute Gasteiger partial charge is 0.396 e. The highest BCUT2D eigenvalue weighted by atomic mass is 32.2. The van der Waals surface area contributed by atoms with Gasteiger partial charge in [0.25, 0.3) is 0 Å². The van der Waals surface area contributed by atoms with Crippen LogP contribution in [0.1, 0.15) is 84.5 Å². The zero-order valence-electron chi connectivity index (χ0n) is 21.2. The Hall–Kier alpha value is -0.0500. The van der Waals surface area contributed by atoms with Crippen molar-refractivity contribution >= 4 is 11.8 Å². The van der Waals surface area contributed by atoms with E-state index in [1.54, 1.807) is 0 Å². The predicted molar refractivity (Wildman–Crippen MR) is 135 cm³/mol. The Morgan fingerprint density at radius 2 is 1.17 bits per heavy atom. The molecular formula is C24H50O10S. The van der Waals surface area contributed by atoms with Crippen LogP contribution in [0.25, 0.3) is 0 Å². The van der Waals surface area contributed by atoms with Gasteiger partial charge in [0.15, 0.2) is 6.29 Å². The summed E-state index contributed by atoms with van der Waals surface area (Å²) in [6.45, 7) is 3.18. The number of unbranched alkanes of at least 4 members (excludes halogenated alkanes) is 7. The molecule has 0 aliphatic carbocycles. The van der Waals surface area contributed by atoms with Crippen molar-refractivity contribution in [2.24, 2.45) is 0 Å². The summed E-state index contributed by atoms with van der Waals surface area (Å²) in [4.78, 5) is 0. The third kappa shape index (κ3) is 15.1. The summed E-state index contributed by atoms with van der Waals surface area (Å²) in [6.07, 6.45) is -2.26. The number of hydrogen-bond donors (Lipinski definition) is 9. The lowest BCUT2D eigenvalue weighted by molar-refractivity contribution is -0.243. The second-order valence-electron chi connectivity index (χ2n) is 9.22. The number of aliphatic hydroxyl groups is 9. The summed E-state index contributed by atoms with van der Waals surface area (Å²) in [5, 5.41) is 89.0. The molecule has 0 radical (unpaired) electrons. The third-order valence-electron chi connectivity index (χ3n) is 6.05. The van der Waals surface area contributed by atoms with E-state index in [1.165, 1.54) is 38.5 Å². The van der Waals surface area contributed by atoms with Gasteiger partial charge in [0.2, 0.25) is 0 Å². The van der Waals surface area contributed by atoms with Gasteiger partial charge < -0.3 is 50.7 Å². The fraction of sp³-hybridized carbons (Fsp3) is 1.00. The highest BCUT2D eigenvalue weighted by Gasteiger charge is 2.37. The van der Waals surface area contributed by atoms with Crippen molar-refractivity contribution < 1.29 is 50.7 Å². The smallest absolute Gasteiger partial charge is 0.183 e. The first-order chi connectivity index (χ1) is 16.6. The van der Waals surface area contributed by atoms with Crippen LogP contribution in [0, 0.1) is 0 Å². The van der Waals surface area contributed by atoms with Crippen molar-refractivity contribution in [1.82, 2.24) is 0 Å². The molecule has 9 atom stereocenters. The van der Waals surface area contributed by atoms with E-state index in [4.69, 9.17) is 9.84 Å². The summed E-state index contributed by atoms with van der Waals surface area (Å²) in [6, 6.07) is 0. The molecule has 0 aliphatic heterocycles. The molecule has 35 heavy (non-hydrogen) atoms. The van der Waals surface area contributed by atoms with Crippen molar-refractivity contribution in [3.05, 3.63) is 0 Å². The van der Waals surface area contributed by atoms with E-state index in [0.717, 1.165) is 31.0 Å². The molecule has 0 aromatic carbocycles. The van der Waals surface area contributed by atoms with E-state index in [1.807, 2.05) is 6.92 Å². The molecule has 0 aliphatic rings. The molecule has 0 bridgehead atoms. The highest BCUT2D eigenvalue weighted by Crippen LogP contribution is 2.26. The Morgan fingerprint density at radius 3 is 1.71 bits per heavy atom. The van der Waals surface area contributed by atoms with Crippen molar-refractivity contribution in [2.45, 2.75) is 138 Å². The molecule has 9 unspecified atom stereocenters.